The van der Waals surface area contributed by atoms with E-state index >= 15 is 0 Å². The van der Waals surface area contributed by atoms with Crippen LogP contribution in [0, 0.1) is 0 Å². The van der Waals surface area contributed by atoms with Crippen molar-refractivity contribution in [2.75, 3.05) is 6.61 Å². The third-order valence-electron chi connectivity index (χ3n) is 2.55. The van der Waals surface area contributed by atoms with Crippen LogP contribution in [-0.2, 0) is 18.4 Å². The molecule has 22 heteroatoms. The minimum absolute atomic E-state index is 0.206. The first-order valence-corrected chi connectivity index (χ1v) is 30.2. The number of nitrogens with zero attached hydrogens (tertiary/aromatic N) is 1. The summed E-state index contributed by atoms with van der Waals surface area (Å²) in [7, 11) is 0. The quantitative estimate of drug-likeness (QED) is 0.252. The Balaban J connectivity index is 0. The highest BCUT2D eigenvalue weighted by molar-refractivity contribution is 9.95. The molecule has 2 rings (SSSR count). The van der Waals surface area contributed by atoms with Crippen molar-refractivity contribution < 1.29 is 28.6 Å². The summed E-state index contributed by atoms with van der Waals surface area (Å²) in [5, 5.41) is 18.4. The summed E-state index contributed by atoms with van der Waals surface area (Å²) in [5.41, 5.74) is -1.08. The van der Waals surface area contributed by atoms with Crippen LogP contribution >= 0.6 is 149 Å². The lowest BCUT2D eigenvalue weighted by Crippen LogP contribution is -2.31. The van der Waals surface area contributed by atoms with Crippen LogP contribution in [0.2, 0.25) is 0 Å². The molecule has 3 N–H and O–H groups in total. The topological polar surface area (TPSA) is 156 Å². The molecule has 2 heterocycles. The second kappa shape index (κ2) is 17.1. The van der Waals surface area contributed by atoms with Gasteiger partial charge in [0.05, 0.1) is 12.7 Å². The molecule has 10 nitrogen and oxygen atoms in total. The average Bonchev–Trinajstić information content (AvgIpc) is 2.82. The standard InChI is InChI=1S/C9H12N2O5.3Br3OP/c12-4-6-5(13)3-8(16-6)11-2-1-7(14)10-9(11)15;3*1-5(2,3)4/h1-2,5-6,8,12-13H,3-4H2,(H,10,14,15);;;/t5-,6+,8?;;;/m0.../s1. The maximum Gasteiger partial charge on any atom is 0.330 e. The molecule has 0 spiro atoms. The second-order valence-corrected chi connectivity index (χ2v) is 59.9. The number of rotatable bonds is 2. The fourth-order valence-corrected chi connectivity index (χ4v) is 1.70. The summed E-state index contributed by atoms with van der Waals surface area (Å²) in [6, 6.07) is 1.20. The number of hydrogen-bond acceptors (Lipinski definition) is 8. The molecule has 0 saturated carbocycles. The molecule has 0 bridgehead atoms. The van der Waals surface area contributed by atoms with Gasteiger partial charge in [0.2, 0.25) is 0 Å². The van der Waals surface area contributed by atoms with Crippen LogP contribution in [0.5, 0.6) is 0 Å². The van der Waals surface area contributed by atoms with Gasteiger partial charge in [0.1, 0.15) is 12.3 Å². The minimum Gasteiger partial charge on any atom is -0.394 e. The van der Waals surface area contributed by atoms with Crippen LogP contribution in [-0.4, -0.2) is 38.6 Å². The Morgan fingerprint density at radius 1 is 0.968 bits per heavy atom. The molecule has 1 aromatic heterocycles. The van der Waals surface area contributed by atoms with Crippen LogP contribution in [0.3, 0.4) is 0 Å². The van der Waals surface area contributed by atoms with E-state index in [0.717, 1.165) is 0 Å². The molecular weight excluding hydrogens is 1080 g/mol. The predicted octanol–water partition coefficient (Wildman–Crippen LogP) is 8.01. The predicted molar refractivity (Wildman–Crippen MR) is 156 cm³/mol. The van der Waals surface area contributed by atoms with Gasteiger partial charge in [-0.15, -0.1) is 0 Å². The van der Waals surface area contributed by atoms with Crippen LogP contribution in [0.1, 0.15) is 12.6 Å². The van der Waals surface area contributed by atoms with Crippen molar-refractivity contribution in [3.8, 4) is 0 Å². The summed E-state index contributed by atoms with van der Waals surface area (Å²) in [6.45, 7) is -0.310. The molecule has 0 radical (unpaired) electrons. The molecule has 1 fully saturated rings. The highest BCUT2D eigenvalue weighted by Crippen LogP contribution is 2.69. The molecule has 0 aliphatic carbocycles. The highest BCUT2D eigenvalue weighted by Gasteiger charge is 2.34. The second-order valence-electron chi connectivity index (χ2n) is 4.83. The summed E-state index contributed by atoms with van der Waals surface area (Å²) in [5.74, 6) is 0. The lowest BCUT2D eigenvalue weighted by Gasteiger charge is -2.13. The van der Waals surface area contributed by atoms with Crippen LogP contribution in [0.4, 0.5) is 0 Å². The molecule has 1 aromatic rings. The zero-order chi connectivity index (χ0) is 25.2. The first-order chi connectivity index (χ1) is 13.6. The molecule has 184 valence electrons. The van der Waals surface area contributed by atoms with Crippen molar-refractivity contribution in [2.45, 2.75) is 24.9 Å². The Hall–Kier alpha value is 3.57. The summed E-state index contributed by atoms with van der Waals surface area (Å²) in [6.07, 6.45) is -0.649. The first-order valence-electron chi connectivity index (χ1n) is 6.94. The van der Waals surface area contributed by atoms with Gasteiger partial charge >= 0.3 is 5.69 Å². The highest BCUT2D eigenvalue weighted by atomic mass is 80.0. The third kappa shape index (κ3) is 28.0. The number of aromatic nitrogens is 2. The Labute approximate surface area is 248 Å². The molecular formula is C9H12Br9N2O8P3. The summed E-state index contributed by atoms with van der Waals surface area (Å²) < 4.78 is 29.7. The Morgan fingerprint density at radius 3 is 1.65 bits per heavy atom. The molecule has 1 saturated heterocycles. The van der Waals surface area contributed by atoms with Gasteiger partial charge in [0.25, 0.3) is 15.3 Å². The number of aromatic amines is 1. The van der Waals surface area contributed by atoms with Gasteiger partial charge in [-0.3, -0.25) is 28.0 Å². The number of halogens is 9. The normalized spacial score (nSPS) is 20.9. The van der Waals surface area contributed by atoms with Crippen molar-refractivity contribution in [3.63, 3.8) is 0 Å². The number of aliphatic hydroxyl groups excluding tert-OH is 2. The zero-order valence-electron chi connectivity index (χ0n) is 14.3. The average molecular weight is 1090 g/mol. The number of nitrogens with one attached hydrogen (secondary N) is 1. The maximum atomic E-state index is 11.4. The molecule has 0 aromatic carbocycles. The van der Waals surface area contributed by atoms with Crippen molar-refractivity contribution >= 4 is 149 Å². The fourth-order valence-electron chi connectivity index (χ4n) is 1.70. The largest absolute Gasteiger partial charge is 0.394 e. The van der Waals surface area contributed by atoms with E-state index in [1.165, 1.54) is 16.8 Å². The van der Waals surface area contributed by atoms with Crippen LogP contribution < -0.4 is 11.2 Å². The SMILES string of the molecule is O=P(Br)(Br)Br.O=P(Br)(Br)Br.O=P(Br)(Br)Br.O=c1ccn(C2C[C@H](O)[C@@H](CO)O2)c(=O)[nH]1. The van der Waals surface area contributed by atoms with E-state index in [0.29, 0.717) is 0 Å². The van der Waals surface area contributed by atoms with E-state index in [1.54, 1.807) is 0 Å². The van der Waals surface area contributed by atoms with E-state index in [4.69, 9.17) is 9.84 Å². The maximum absolute atomic E-state index is 11.4. The third-order valence-corrected chi connectivity index (χ3v) is 2.55. The molecule has 1 unspecified atom stereocenters. The van der Waals surface area contributed by atoms with Crippen molar-refractivity contribution in [1.29, 1.82) is 0 Å². The van der Waals surface area contributed by atoms with E-state index in [1.807, 2.05) is 0 Å². The smallest absolute Gasteiger partial charge is 0.330 e. The van der Waals surface area contributed by atoms with Crippen molar-refractivity contribution in [1.82, 2.24) is 9.55 Å². The van der Waals surface area contributed by atoms with Gasteiger partial charge < -0.3 is 14.9 Å². The molecule has 31 heavy (non-hydrogen) atoms. The van der Waals surface area contributed by atoms with Gasteiger partial charge in [0, 0.05) is 158 Å². The lowest BCUT2D eigenvalue weighted by atomic mass is 10.2. The minimum atomic E-state index is -2.20. The van der Waals surface area contributed by atoms with Gasteiger partial charge in [-0.25, -0.2) is 4.79 Å². The van der Waals surface area contributed by atoms with E-state index < -0.39 is 39.4 Å². The van der Waals surface area contributed by atoms with Crippen LogP contribution in [0.25, 0.3) is 0 Å². The van der Waals surface area contributed by atoms with Gasteiger partial charge in [-0.05, 0) is 0 Å². The monoisotopic (exact) mass is 1080 g/mol. The van der Waals surface area contributed by atoms with Gasteiger partial charge in [-0.1, -0.05) is 0 Å². The van der Waals surface area contributed by atoms with E-state index in [2.05, 4.69) is 144 Å². The number of hydrogen-bond donors (Lipinski definition) is 3. The van der Waals surface area contributed by atoms with Crippen LogP contribution in [0.15, 0.2) is 21.9 Å². The molecule has 0 amide bonds. The fraction of sp³-hybridized carbons (Fsp3) is 0.556. The first kappa shape index (κ1) is 36.7. The van der Waals surface area contributed by atoms with Gasteiger partial charge in [-0.2, -0.15) is 0 Å². The molecule has 1 aliphatic heterocycles. The Morgan fingerprint density at radius 2 is 1.35 bits per heavy atom. The van der Waals surface area contributed by atoms with Crippen molar-refractivity contribution in [3.05, 3.63) is 33.1 Å². The number of ether oxygens (including phenoxy) is 1. The van der Waals surface area contributed by atoms with Gasteiger partial charge in [0.15, 0.2) is 0 Å². The Bertz CT molecular complexity index is 855. The summed E-state index contributed by atoms with van der Waals surface area (Å²) in [4.78, 5) is 24.3. The molecule has 1 aliphatic rings. The summed E-state index contributed by atoms with van der Waals surface area (Å²) >= 11 is 24.9. The van der Waals surface area contributed by atoms with Crippen molar-refractivity contribution in [2.24, 2.45) is 0 Å². The number of H-pyrrole nitrogens is 1. The Kier molecular flexibility index (Phi) is 20.3. The van der Waals surface area contributed by atoms with E-state index in [-0.39, 0.29) is 13.0 Å². The lowest BCUT2D eigenvalue weighted by molar-refractivity contribution is -0.0459. The molecule has 3 atom stereocenters. The number of aliphatic hydroxyl groups is 2. The van der Waals surface area contributed by atoms with E-state index in [9.17, 15) is 28.4 Å². The zero-order valence-corrected chi connectivity index (χ0v) is 31.3.